The predicted molar refractivity (Wildman–Crippen MR) is 213 cm³/mol. The molecule has 3 aromatic heterocycles. The zero-order chi connectivity index (χ0) is 41.1. The Morgan fingerprint density at radius 1 is 0.842 bits per heavy atom. The molecule has 0 unspecified atom stereocenters. The minimum absolute atomic E-state index is 0.0721. The van der Waals surface area contributed by atoms with E-state index in [1.165, 1.54) is 24.0 Å². The number of nitrogens with two attached hydrogens (primary N) is 3. The van der Waals surface area contributed by atoms with Crippen molar-refractivity contribution in [2.24, 2.45) is 17.2 Å². The number of nitrogens with one attached hydrogen (secondary N) is 6. The summed E-state index contributed by atoms with van der Waals surface area (Å²) in [5.41, 5.74) is 22.5. The van der Waals surface area contributed by atoms with Crippen molar-refractivity contribution in [3.63, 3.8) is 0 Å². The zero-order valence-corrected chi connectivity index (χ0v) is 31.9. The fourth-order valence-electron chi connectivity index (χ4n) is 6.54. The fourth-order valence-corrected chi connectivity index (χ4v) is 6.54. The fraction of sp³-hybridized carbons (Fsp3) is 0.359. The van der Waals surface area contributed by atoms with E-state index in [-0.39, 0.29) is 25.7 Å². The molecule has 0 saturated heterocycles. The van der Waals surface area contributed by atoms with E-state index in [4.69, 9.17) is 17.2 Å². The average molecular weight is 783 g/mol. The topological polar surface area (TPSA) is 283 Å². The Balaban J connectivity index is 1.33. The SMILES string of the molecule is Cc1cn(NC(=O)[C@H](C)NC(=O)[C@@H](Cc2c[nH]c3ccccc23)NC(=O)[C@@H](N)Cc2cnc[nH]2)c(=O)n1[C@H](Cc1ccccc1)C(=O)N[C@@H](CCCCN)C(N)=O. The van der Waals surface area contributed by atoms with E-state index in [0.717, 1.165) is 26.7 Å². The molecular formula is C39H50N12O6. The number of carbonyl (C=O) groups excluding carboxylic acids is 5. The van der Waals surface area contributed by atoms with Gasteiger partial charge in [-0.15, -0.1) is 0 Å². The molecule has 5 amide bonds. The Kier molecular flexibility index (Phi) is 14.1. The van der Waals surface area contributed by atoms with Gasteiger partial charge in [0.1, 0.15) is 24.2 Å². The molecule has 18 heteroatoms. The Hall–Kier alpha value is -6.53. The van der Waals surface area contributed by atoms with E-state index in [1.54, 1.807) is 43.6 Å². The highest BCUT2D eigenvalue weighted by atomic mass is 16.2. The van der Waals surface area contributed by atoms with Gasteiger partial charge in [0.25, 0.3) is 5.91 Å². The summed E-state index contributed by atoms with van der Waals surface area (Å²) in [6.45, 7) is 3.44. The minimum atomic E-state index is -1.19. The van der Waals surface area contributed by atoms with Crippen LogP contribution < -0.4 is 44.3 Å². The average Bonchev–Trinajstić information content (AvgIpc) is 3.92. The third-order valence-corrected chi connectivity index (χ3v) is 9.65. The van der Waals surface area contributed by atoms with E-state index in [9.17, 15) is 28.8 Å². The van der Waals surface area contributed by atoms with Crippen LogP contribution in [-0.2, 0) is 43.2 Å². The molecule has 57 heavy (non-hydrogen) atoms. The standard InChI is InChI=1S/C39H50N12O6/c1-23-21-50(39(57)51(23)33(16-25-10-4-3-5-11-25)38(56)47-31(34(42)52)14-8-9-15-40)49-35(53)24(2)46-37(55)32(17-26-19-44-30-13-7-6-12-28(26)30)48-36(54)29(41)18-27-20-43-22-45-27/h3-7,10-13,19-22,24,29,31-33,44H,8-9,14-18,40-41H2,1-2H3,(H2,42,52)(H,43,45)(H,46,55)(H,47,56)(H,48,54)(H,49,53)/t24-,29-,31-,32+,33+/m0/s1. The van der Waals surface area contributed by atoms with Crippen LogP contribution in [0.1, 0.15) is 54.7 Å². The van der Waals surface area contributed by atoms with Gasteiger partial charge in [0, 0.05) is 53.9 Å². The van der Waals surface area contributed by atoms with Crippen molar-refractivity contribution in [2.45, 2.75) is 82.6 Å². The number of nitrogens with zero attached hydrogens (tertiary/aromatic N) is 3. The number of H-pyrrole nitrogens is 2. The second kappa shape index (κ2) is 19.4. The molecule has 5 rings (SSSR count). The molecule has 0 saturated carbocycles. The first-order chi connectivity index (χ1) is 27.4. The molecule has 5 atom stereocenters. The first kappa shape index (κ1) is 41.6. The molecule has 12 N–H and O–H groups in total. The smallest absolute Gasteiger partial charge is 0.348 e. The lowest BCUT2D eigenvalue weighted by atomic mass is 10.0. The highest BCUT2D eigenvalue weighted by molar-refractivity contribution is 5.96. The van der Waals surface area contributed by atoms with Crippen LogP contribution in [0.3, 0.4) is 0 Å². The first-order valence-electron chi connectivity index (χ1n) is 18.7. The van der Waals surface area contributed by atoms with Gasteiger partial charge in [-0.05, 0) is 56.8 Å². The number of primary amides is 1. The van der Waals surface area contributed by atoms with Crippen molar-refractivity contribution in [1.29, 1.82) is 0 Å². The summed E-state index contributed by atoms with van der Waals surface area (Å²) in [4.78, 5) is 90.5. The summed E-state index contributed by atoms with van der Waals surface area (Å²) in [5, 5.41) is 8.94. The van der Waals surface area contributed by atoms with Gasteiger partial charge in [0.15, 0.2) is 0 Å². The number of hydrogen-bond acceptors (Lipinski definition) is 9. The van der Waals surface area contributed by atoms with Crippen LogP contribution in [0.2, 0.25) is 0 Å². The summed E-state index contributed by atoms with van der Waals surface area (Å²) in [5.74, 6) is -3.34. The monoisotopic (exact) mass is 782 g/mol. The summed E-state index contributed by atoms with van der Waals surface area (Å²) in [6, 6.07) is 11.1. The molecule has 302 valence electrons. The van der Waals surface area contributed by atoms with Crippen molar-refractivity contribution in [3.8, 4) is 0 Å². The normalized spacial score (nSPS) is 13.9. The van der Waals surface area contributed by atoms with Gasteiger partial charge < -0.3 is 43.1 Å². The first-order valence-corrected chi connectivity index (χ1v) is 18.7. The van der Waals surface area contributed by atoms with Gasteiger partial charge in [-0.2, -0.15) is 0 Å². The van der Waals surface area contributed by atoms with Crippen molar-refractivity contribution in [3.05, 3.63) is 113 Å². The number of aromatic amines is 2. The molecule has 2 aromatic carbocycles. The van der Waals surface area contributed by atoms with Gasteiger partial charge in [0.05, 0.1) is 18.6 Å². The molecule has 0 fully saturated rings. The number of rotatable bonds is 20. The molecule has 0 radical (unpaired) electrons. The van der Waals surface area contributed by atoms with Crippen molar-refractivity contribution >= 4 is 40.4 Å². The quantitative estimate of drug-likeness (QED) is 0.0477. The van der Waals surface area contributed by atoms with Gasteiger partial charge in [-0.1, -0.05) is 48.5 Å². The maximum Gasteiger partial charge on any atom is 0.348 e. The maximum atomic E-state index is 13.9. The molecule has 0 spiro atoms. The number of aryl methyl sites for hydroxylation is 1. The van der Waals surface area contributed by atoms with Crippen molar-refractivity contribution < 1.29 is 24.0 Å². The summed E-state index contributed by atoms with van der Waals surface area (Å²) in [6.07, 6.45) is 7.89. The number of para-hydroxylation sites is 1. The van der Waals surface area contributed by atoms with E-state index in [1.807, 2.05) is 30.3 Å². The lowest BCUT2D eigenvalue weighted by molar-refractivity contribution is -0.131. The van der Waals surface area contributed by atoms with Crippen LogP contribution in [0.15, 0.2) is 84.3 Å². The highest BCUT2D eigenvalue weighted by Crippen LogP contribution is 2.20. The third-order valence-electron chi connectivity index (χ3n) is 9.65. The number of imidazole rings is 2. The lowest BCUT2D eigenvalue weighted by Crippen LogP contribution is -2.56. The Labute approximate surface area is 328 Å². The van der Waals surface area contributed by atoms with Gasteiger partial charge >= 0.3 is 5.69 Å². The largest absolute Gasteiger partial charge is 0.368 e. The van der Waals surface area contributed by atoms with E-state index >= 15 is 0 Å². The number of amides is 5. The van der Waals surface area contributed by atoms with Crippen LogP contribution >= 0.6 is 0 Å². The van der Waals surface area contributed by atoms with Crippen LogP contribution in [0.25, 0.3) is 10.9 Å². The van der Waals surface area contributed by atoms with Gasteiger partial charge in [-0.25, -0.2) is 14.5 Å². The Morgan fingerprint density at radius 2 is 1.56 bits per heavy atom. The third kappa shape index (κ3) is 10.8. The van der Waals surface area contributed by atoms with Crippen LogP contribution in [0.4, 0.5) is 0 Å². The summed E-state index contributed by atoms with van der Waals surface area (Å²) in [7, 11) is 0. The second-order valence-electron chi connectivity index (χ2n) is 14.0. The van der Waals surface area contributed by atoms with E-state index in [0.29, 0.717) is 30.8 Å². The number of carbonyl (C=O) groups is 5. The summed E-state index contributed by atoms with van der Waals surface area (Å²) >= 11 is 0. The Bertz CT molecular complexity index is 2210. The maximum absolute atomic E-state index is 13.9. The molecule has 0 aliphatic carbocycles. The van der Waals surface area contributed by atoms with Gasteiger partial charge in [-0.3, -0.25) is 34.0 Å². The molecule has 0 bridgehead atoms. The van der Waals surface area contributed by atoms with Crippen LogP contribution in [0, 0.1) is 6.92 Å². The number of unbranched alkanes of at least 4 members (excludes halogenated alkanes) is 1. The number of fused-ring (bicyclic) bond motifs is 1. The predicted octanol–water partition coefficient (Wildman–Crippen LogP) is -0.0822. The lowest BCUT2D eigenvalue weighted by Gasteiger charge is -2.23. The number of aromatic nitrogens is 5. The van der Waals surface area contributed by atoms with Crippen LogP contribution in [0.5, 0.6) is 0 Å². The van der Waals surface area contributed by atoms with Crippen molar-refractivity contribution in [2.75, 3.05) is 12.0 Å². The highest BCUT2D eigenvalue weighted by Gasteiger charge is 2.31. The summed E-state index contributed by atoms with van der Waals surface area (Å²) < 4.78 is 2.15. The number of benzene rings is 2. The van der Waals surface area contributed by atoms with E-state index < -0.39 is 65.4 Å². The van der Waals surface area contributed by atoms with E-state index in [2.05, 4.69) is 36.3 Å². The van der Waals surface area contributed by atoms with Crippen LogP contribution in [-0.4, -0.2) is 84.4 Å². The zero-order valence-electron chi connectivity index (χ0n) is 31.9. The minimum Gasteiger partial charge on any atom is -0.368 e. The molecule has 5 aromatic rings. The Morgan fingerprint density at radius 3 is 2.26 bits per heavy atom. The second-order valence-corrected chi connectivity index (χ2v) is 14.0. The molecule has 0 aliphatic rings. The molecule has 18 nitrogen and oxygen atoms in total. The number of hydrogen-bond donors (Lipinski definition) is 9. The molecule has 0 aliphatic heterocycles. The molecule has 3 heterocycles. The molecular weight excluding hydrogens is 733 g/mol. The van der Waals surface area contributed by atoms with Gasteiger partial charge in [0.2, 0.25) is 23.6 Å². The van der Waals surface area contributed by atoms with Crippen molar-refractivity contribution in [1.82, 2.24) is 40.1 Å².